The monoisotopic (exact) mass is 373 g/mol. The molecule has 0 aliphatic rings. The quantitative estimate of drug-likeness (QED) is 0.130. The number of nitrogens with two attached hydrogens (primary N) is 2. The van der Waals surface area contributed by atoms with Crippen molar-refractivity contribution in [1.82, 2.24) is 5.43 Å². The molecule has 26 heavy (non-hydrogen) atoms. The van der Waals surface area contributed by atoms with E-state index in [-0.39, 0.29) is 16.5 Å². The molecule has 0 atom stereocenters. The molecule has 2 rings (SSSR count). The Morgan fingerprint density at radius 3 is 2.27 bits per heavy atom. The predicted octanol–water partition coefficient (Wildman–Crippen LogP) is 1.06. The van der Waals surface area contributed by atoms with Crippen LogP contribution in [0.1, 0.15) is 21.5 Å². The second kappa shape index (κ2) is 8.70. The molecule has 0 saturated heterocycles. The van der Waals surface area contributed by atoms with Gasteiger partial charge in [0.25, 0.3) is 0 Å². The average molecular weight is 373 g/mol. The van der Waals surface area contributed by atoms with E-state index in [4.69, 9.17) is 28.5 Å². The van der Waals surface area contributed by atoms with Gasteiger partial charge in [-0.25, -0.2) is 15.4 Å². The molecule has 0 spiro atoms. The number of thiocarbonyl (C=S) groups is 1. The lowest BCUT2D eigenvalue weighted by molar-refractivity contribution is -0.139. The molecule has 0 bridgehead atoms. The molecule has 0 heterocycles. The van der Waals surface area contributed by atoms with Gasteiger partial charge in [0.15, 0.2) is 12.4 Å². The topological polar surface area (TPSA) is 134 Å². The van der Waals surface area contributed by atoms with Crippen LogP contribution in [0.5, 0.6) is 5.75 Å². The maximum Gasteiger partial charge on any atom is 0.429 e. The highest BCUT2D eigenvalue weighted by Gasteiger charge is 2.13. The molecule has 5 N–H and O–H groups in total. The third kappa shape index (κ3) is 5.10. The highest BCUT2D eigenvalue weighted by atomic mass is 32.1. The van der Waals surface area contributed by atoms with E-state index in [0.717, 1.165) is 0 Å². The Morgan fingerprint density at radius 2 is 1.65 bits per heavy atom. The number of ketones is 1. The minimum Gasteiger partial charge on any atom is -0.482 e. The van der Waals surface area contributed by atoms with Crippen molar-refractivity contribution in [2.45, 2.75) is 0 Å². The van der Waals surface area contributed by atoms with Crippen molar-refractivity contribution in [2.75, 3.05) is 6.61 Å². The summed E-state index contributed by atoms with van der Waals surface area (Å²) in [4.78, 5) is 34.9. The van der Waals surface area contributed by atoms with Crippen LogP contribution in [0.15, 0.2) is 48.5 Å². The molecular formula is C17H15N3O5S. The molecule has 0 aromatic heterocycles. The Bertz CT molecular complexity index is 852. The average Bonchev–Trinajstić information content (AvgIpc) is 2.66. The number of amides is 1. The predicted molar refractivity (Wildman–Crippen MR) is 96.5 cm³/mol. The first-order valence-electron chi connectivity index (χ1n) is 7.29. The summed E-state index contributed by atoms with van der Waals surface area (Å²) >= 11 is 4.87. The van der Waals surface area contributed by atoms with E-state index in [1.165, 1.54) is 6.07 Å². The number of hydrogen-bond acceptors (Lipinski definition) is 7. The van der Waals surface area contributed by atoms with Crippen LogP contribution in [0, 0.1) is 0 Å². The summed E-state index contributed by atoms with van der Waals surface area (Å²) in [6, 6.07) is 12.8. The number of hydrogen-bond donors (Lipinski definition) is 3. The van der Waals surface area contributed by atoms with Gasteiger partial charge in [-0.15, -0.1) is 0 Å². The van der Waals surface area contributed by atoms with Gasteiger partial charge in [0.2, 0.25) is 0 Å². The maximum atomic E-state index is 12.5. The first kappa shape index (κ1) is 19.0. The SMILES string of the molecule is NNC(=O)OC(=O)COc1cccc(C(=O)c2ccc(C(N)=S)cc2)c1. The highest BCUT2D eigenvalue weighted by Crippen LogP contribution is 2.17. The van der Waals surface area contributed by atoms with E-state index < -0.39 is 18.7 Å². The molecule has 0 aliphatic heterocycles. The summed E-state index contributed by atoms with van der Waals surface area (Å²) in [5, 5.41) is 0. The van der Waals surface area contributed by atoms with Crippen molar-refractivity contribution in [2.24, 2.45) is 11.6 Å². The second-order valence-corrected chi connectivity index (χ2v) is 5.43. The van der Waals surface area contributed by atoms with E-state index >= 15 is 0 Å². The minimum atomic E-state index is -1.09. The number of hydrazine groups is 1. The molecule has 0 fully saturated rings. The molecule has 0 unspecified atom stereocenters. The Labute approximate surface area is 154 Å². The lowest BCUT2D eigenvalue weighted by Gasteiger charge is -2.08. The molecule has 9 heteroatoms. The van der Waals surface area contributed by atoms with Crippen molar-refractivity contribution >= 4 is 35.1 Å². The van der Waals surface area contributed by atoms with E-state index in [2.05, 4.69) is 4.74 Å². The maximum absolute atomic E-state index is 12.5. The molecule has 2 aromatic carbocycles. The number of carbonyl (C=O) groups excluding carboxylic acids is 3. The van der Waals surface area contributed by atoms with Gasteiger partial charge in [0, 0.05) is 16.7 Å². The van der Waals surface area contributed by atoms with Gasteiger partial charge >= 0.3 is 12.1 Å². The Kier molecular flexibility index (Phi) is 6.36. The normalized spacial score (nSPS) is 9.88. The smallest absolute Gasteiger partial charge is 0.429 e. The van der Waals surface area contributed by atoms with Gasteiger partial charge in [-0.3, -0.25) is 10.2 Å². The Morgan fingerprint density at radius 1 is 1.00 bits per heavy atom. The number of rotatable bonds is 6. The van der Waals surface area contributed by atoms with Gasteiger partial charge in [-0.05, 0) is 12.1 Å². The lowest BCUT2D eigenvalue weighted by atomic mass is 10.0. The fraction of sp³-hybridized carbons (Fsp3) is 0.0588. The van der Waals surface area contributed by atoms with Crippen LogP contribution in [0.3, 0.4) is 0 Å². The summed E-state index contributed by atoms with van der Waals surface area (Å²) in [5.74, 6) is 3.88. The van der Waals surface area contributed by atoms with Crippen LogP contribution >= 0.6 is 12.2 Å². The Balaban J connectivity index is 2.05. The third-order valence-electron chi connectivity index (χ3n) is 3.21. The van der Waals surface area contributed by atoms with E-state index in [9.17, 15) is 14.4 Å². The van der Waals surface area contributed by atoms with Gasteiger partial charge < -0.3 is 15.2 Å². The van der Waals surface area contributed by atoms with Crippen molar-refractivity contribution in [1.29, 1.82) is 0 Å². The Hall–Kier alpha value is -3.30. The minimum absolute atomic E-state index is 0.241. The van der Waals surface area contributed by atoms with Crippen molar-refractivity contribution in [3.63, 3.8) is 0 Å². The summed E-state index contributed by atoms with van der Waals surface area (Å²) in [7, 11) is 0. The molecular weight excluding hydrogens is 358 g/mol. The van der Waals surface area contributed by atoms with Gasteiger partial charge in [0.1, 0.15) is 10.7 Å². The number of benzene rings is 2. The number of esters is 1. The van der Waals surface area contributed by atoms with Crippen LogP contribution < -0.4 is 21.7 Å². The van der Waals surface area contributed by atoms with Crippen LogP contribution in [0.25, 0.3) is 0 Å². The molecule has 8 nitrogen and oxygen atoms in total. The number of ether oxygens (including phenoxy) is 2. The van der Waals surface area contributed by atoms with Gasteiger partial charge in [-0.2, -0.15) is 0 Å². The second-order valence-electron chi connectivity index (χ2n) is 4.99. The first-order valence-corrected chi connectivity index (χ1v) is 7.70. The molecule has 134 valence electrons. The summed E-state index contributed by atoms with van der Waals surface area (Å²) in [5.41, 5.74) is 8.64. The largest absolute Gasteiger partial charge is 0.482 e. The van der Waals surface area contributed by atoms with E-state index in [1.54, 1.807) is 47.9 Å². The molecule has 2 aromatic rings. The standard InChI is InChI=1S/C17H15N3O5S/c18-16(26)11-6-4-10(5-7-11)15(22)12-2-1-3-13(8-12)24-9-14(21)25-17(23)20-19/h1-8H,9,19H2,(H2,18,26)(H,20,23). The van der Waals surface area contributed by atoms with Crippen LogP contribution in [0.2, 0.25) is 0 Å². The van der Waals surface area contributed by atoms with Gasteiger partial charge in [-0.1, -0.05) is 48.6 Å². The first-order chi connectivity index (χ1) is 12.4. The fourth-order valence-electron chi connectivity index (χ4n) is 1.98. The summed E-state index contributed by atoms with van der Waals surface area (Å²) in [6.07, 6.45) is -1.09. The van der Waals surface area contributed by atoms with Crippen LogP contribution in [-0.4, -0.2) is 29.4 Å². The zero-order chi connectivity index (χ0) is 19.1. The molecule has 0 aliphatic carbocycles. The summed E-state index contributed by atoms with van der Waals surface area (Å²) < 4.78 is 9.48. The molecule has 0 saturated carbocycles. The zero-order valence-corrected chi connectivity index (χ0v) is 14.2. The van der Waals surface area contributed by atoms with Crippen LogP contribution in [-0.2, 0) is 9.53 Å². The van der Waals surface area contributed by atoms with Crippen molar-refractivity contribution in [3.05, 3.63) is 65.2 Å². The van der Waals surface area contributed by atoms with E-state index in [1.807, 2.05) is 0 Å². The van der Waals surface area contributed by atoms with Crippen LogP contribution in [0.4, 0.5) is 4.79 Å². The number of nitrogens with one attached hydrogen (secondary N) is 1. The van der Waals surface area contributed by atoms with Crippen molar-refractivity contribution in [3.8, 4) is 5.75 Å². The third-order valence-corrected chi connectivity index (χ3v) is 3.44. The highest BCUT2D eigenvalue weighted by molar-refractivity contribution is 7.80. The summed E-state index contributed by atoms with van der Waals surface area (Å²) in [6.45, 7) is -0.520. The lowest BCUT2D eigenvalue weighted by Crippen LogP contribution is -2.33. The van der Waals surface area contributed by atoms with Crippen molar-refractivity contribution < 1.29 is 23.9 Å². The van der Waals surface area contributed by atoms with Gasteiger partial charge in [0.05, 0.1) is 0 Å². The fourth-order valence-corrected chi connectivity index (χ4v) is 2.12. The molecule has 0 radical (unpaired) electrons. The number of carbonyl (C=O) groups is 3. The molecule has 1 amide bonds. The van der Waals surface area contributed by atoms with E-state index in [0.29, 0.717) is 16.7 Å². The zero-order valence-electron chi connectivity index (χ0n) is 13.4.